The maximum Gasteiger partial charge on any atom is 0.247 e. The molecule has 0 spiro atoms. The zero-order valence-electron chi connectivity index (χ0n) is 14.9. The minimum Gasteiger partial charge on any atom is -0.367 e. The molecule has 1 fully saturated rings. The number of carbonyl (C=O) groups is 1. The molecule has 6 nitrogen and oxygen atoms in total. The summed E-state index contributed by atoms with van der Waals surface area (Å²) in [7, 11) is -3.71. The second kappa shape index (κ2) is 6.46. The van der Waals surface area contributed by atoms with Crippen molar-refractivity contribution < 1.29 is 17.9 Å². The van der Waals surface area contributed by atoms with E-state index in [1.165, 1.54) is 4.31 Å². The third-order valence-electron chi connectivity index (χ3n) is 4.27. The Bertz CT molecular complexity index is 727. The van der Waals surface area contributed by atoms with Crippen molar-refractivity contribution in [2.45, 2.75) is 51.0 Å². The Morgan fingerprint density at radius 2 is 1.79 bits per heavy atom. The van der Waals surface area contributed by atoms with Gasteiger partial charge in [0.25, 0.3) is 0 Å². The Morgan fingerprint density at radius 1 is 1.25 bits per heavy atom. The fourth-order valence-electron chi connectivity index (χ4n) is 2.94. The zero-order chi connectivity index (χ0) is 18.3. The summed E-state index contributed by atoms with van der Waals surface area (Å²) in [5.74, 6) is -0.647. The molecule has 1 aromatic rings. The number of rotatable bonds is 3. The SMILES string of the molecule is Cc1cc(C(C)(C)C)cc(C)c1S(=O)(=O)N1CCOC(C(N)=O)C1. The van der Waals surface area contributed by atoms with Gasteiger partial charge < -0.3 is 10.5 Å². The Kier molecular flexibility index (Phi) is 5.09. The number of benzene rings is 1. The van der Waals surface area contributed by atoms with Gasteiger partial charge in [-0.25, -0.2) is 8.42 Å². The first kappa shape index (κ1) is 18.9. The van der Waals surface area contributed by atoms with E-state index >= 15 is 0 Å². The van der Waals surface area contributed by atoms with E-state index in [1.54, 1.807) is 13.8 Å². The van der Waals surface area contributed by atoms with Gasteiger partial charge in [-0.3, -0.25) is 4.79 Å². The van der Waals surface area contributed by atoms with Gasteiger partial charge in [0, 0.05) is 13.1 Å². The number of amides is 1. The molecule has 0 aliphatic carbocycles. The van der Waals surface area contributed by atoms with Gasteiger partial charge >= 0.3 is 0 Å². The maximum absolute atomic E-state index is 13.1. The van der Waals surface area contributed by atoms with E-state index in [0.29, 0.717) is 16.0 Å². The lowest BCUT2D eigenvalue weighted by Gasteiger charge is -2.32. The Hall–Kier alpha value is -1.44. The molecule has 0 radical (unpaired) electrons. The molecular weight excluding hydrogens is 328 g/mol. The van der Waals surface area contributed by atoms with Gasteiger partial charge in [0.1, 0.15) is 6.10 Å². The lowest BCUT2D eigenvalue weighted by Crippen LogP contribution is -2.50. The normalized spacial score (nSPS) is 20.1. The first-order chi connectivity index (χ1) is 10.9. The maximum atomic E-state index is 13.1. The highest BCUT2D eigenvalue weighted by molar-refractivity contribution is 7.89. The number of nitrogens with zero attached hydrogens (tertiary/aromatic N) is 1. The zero-order valence-corrected chi connectivity index (χ0v) is 15.7. The van der Waals surface area contributed by atoms with E-state index < -0.39 is 22.0 Å². The van der Waals surface area contributed by atoms with E-state index in [-0.39, 0.29) is 25.1 Å². The van der Waals surface area contributed by atoms with Crippen molar-refractivity contribution >= 4 is 15.9 Å². The monoisotopic (exact) mass is 354 g/mol. The largest absolute Gasteiger partial charge is 0.367 e. The molecule has 1 amide bonds. The molecule has 1 unspecified atom stereocenters. The molecule has 0 bridgehead atoms. The Morgan fingerprint density at radius 3 is 2.25 bits per heavy atom. The summed E-state index contributed by atoms with van der Waals surface area (Å²) in [5, 5.41) is 0. The van der Waals surface area contributed by atoms with Crippen molar-refractivity contribution in [2.24, 2.45) is 5.73 Å². The summed E-state index contributed by atoms with van der Waals surface area (Å²) in [6, 6.07) is 3.85. The van der Waals surface area contributed by atoms with Crippen molar-refractivity contribution in [2.75, 3.05) is 19.7 Å². The van der Waals surface area contributed by atoms with Crippen molar-refractivity contribution in [1.29, 1.82) is 0 Å². The predicted octanol–water partition coefficient (Wildman–Crippen LogP) is 1.48. The molecule has 1 atom stereocenters. The molecule has 24 heavy (non-hydrogen) atoms. The molecule has 2 N–H and O–H groups in total. The summed E-state index contributed by atoms with van der Waals surface area (Å²) in [6.45, 7) is 10.2. The summed E-state index contributed by atoms with van der Waals surface area (Å²) >= 11 is 0. The number of nitrogens with two attached hydrogens (primary N) is 1. The number of sulfonamides is 1. The van der Waals surface area contributed by atoms with Crippen LogP contribution in [-0.4, -0.2) is 44.4 Å². The minimum atomic E-state index is -3.71. The van der Waals surface area contributed by atoms with Crippen LogP contribution in [0.2, 0.25) is 0 Å². The highest BCUT2D eigenvalue weighted by Crippen LogP contribution is 2.31. The smallest absolute Gasteiger partial charge is 0.247 e. The lowest BCUT2D eigenvalue weighted by atomic mass is 9.85. The number of primary amides is 1. The fraction of sp³-hybridized carbons (Fsp3) is 0.588. The van der Waals surface area contributed by atoms with Crippen molar-refractivity contribution in [3.05, 3.63) is 28.8 Å². The minimum absolute atomic E-state index is 0.0441. The molecule has 0 saturated carbocycles. The summed E-state index contributed by atoms with van der Waals surface area (Å²) < 4.78 is 32.7. The number of hydrogen-bond donors (Lipinski definition) is 1. The van der Waals surface area contributed by atoms with Crippen LogP contribution in [0.1, 0.15) is 37.5 Å². The summed E-state index contributed by atoms with van der Waals surface area (Å²) in [5.41, 5.74) is 7.70. The van der Waals surface area contributed by atoms with Gasteiger partial charge in [0.05, 0.1) is 11.5 Å². The molecule has 1 aliphatic heterocycles. The predicted molar refractivity (Wildman–Crippen MR) is 92.3 cm³/mol. The van der Waals surface area contributed by atoms with E-state index in [1.807, 2.05) is 12.1 Å². The standard InChI is InChI=1S/C17H26N2O4S/c1-11-8-13(17(3,4)5)9-12(2)15(11)24(21,22)19-6-7-23-14(10-19)16(18)20/h8-9,14H,6-7,10H2,1-5H3,(H2,18,20). The van der Waals surface area contributed by atoms with Crippen LogP contribution in [0.3, 0.4) is 0 Å². The molecular formula is C17H26N2O4S. The van der Waals surface area contributed by atoms with Crippen LogP contribution in [0.5, 0.6) is 0 Å². The molecule has 1 aromatic carbocycles. The van der Waals surface area contributed by atoms with Crippen molar-refractivity contribution in [3.63, 3.8) is 0 Å². The first-order valence-corrected chi connectivity index (χ1v) is 9.41. The molecule has 1 saturated heterocycles. The third kappa shape index (κ3) is 3.63. The van der Waals surface area contributed by atoms with Crippen LogP contribution < -0.4 is 5.73 Å². The second-order valence-corrected chi connectivity index (χ2v) is 9.19. The van der Waals surface area contributed by atoms with Crippen LogP contribution in [0.25, 0.3) is 0 Å². The second-order valence-electron chi connectivity index (χ2n) is 7.31. The first-order valence-electron chi connectivity index (χ1n) is 7.97. The van der Waals surface area contributed by atoms with Crippen LogP contribution in [0.15, 0.2) is 17.0 Å². The number of hydrogen-bond acceptors (Lipinski definition) is 4. The molecule has 7 heteroatoms. The highest BCUT2D eigenvalue weighted by Gasteiger charge is 2.35. The van der Waals surface area contributed by atoms with Gasteiger partial charge in [0.2, 0.25) is 15.9 Å². The van der Waals surface area contributed by atoms with E-state index in [9.17, 15) is 13.2 Å². The lowest BCUT2D eigenvalue weighted by molar-refractivity contribution is -0.132. The van der Waals surface area contributed by atoms with Gasteiger partial charge in [-0.1, -0.05) is 32.9 Å². The van der Waals surface area contributed by atoms with E-state index in [0.717, 1.165) is 5.56 Å². The third-order valence-corrected chi connectivity index (χ3v) is 6.44. The van der Waals surface area contributed by atoms with Crippen LogP contribution in [0, 0.1) is 13.8 Å². The highest BCUT2D eigenvalue weighted by atomic mass is 32.2. The molecule has 1 heterocycles. The van der Waals surface area contributed by atoms with Crippen LogP contribution >= 0.6 is 0 Å². The molecule has 1 aliphatic rings. The Labute approximate surface area is 144 Å². The van der Waals surface area contributed by atoms with E-state index in [4.69, 9.17) is 10.5 Å². The van der Waals surface area contributed by atoms with Gasteiger partial charge in [-0.2, -0.15) is 4.31 Å². The molecule has 134 valence electrons. The quantitative estimate of drug-likeness (QED) is 0.890. The topological polar surface area (TPSA) is 89.7 Å². The van der Waals surface area contributed by atoms with Gasteiger partial charge in [-0.05, 0) is 36.0 Å². The van der Waals surface area contributed by atoms with Gasteiger partial charge in [-0.15, -0.1) is 0 Å². The Balaban J connectivity index is 2.45. The van der Waals surface area contributed by atoms with Crippen molar-refractivity contribution in [1.82, 2.24) is 4.31 Å². The number of carbonyl (C=O) groups excluding carboxylic acids is 1. The van der Waals surface area contributed by atoms with Crippen LogP contribution in [-0.2, 0) is 25.0 Å². The number of ether oxygens (including phenoxy) is 1. The number of aryl methyl sites for hydroxylation is 2. The molecule has 0 aromatic heterocycles. The summed E-state index contributed by atoms with van der Waals surface area (Å²) in [6.07, 6.45) is -0.900. The molecule has 2 rings (SSSR count). The average molecular weight is 354 g/mol. The van der Waals surface area contributed by atoms with Gasteiger partial charge in [0.15, 0.2) is 0 Å². The average Bonchev–Trinajstić information content (AvgIpc) is 2.45. The van der Waals surface area contributed by atoms with E-state index in [2.05, 4.69) is 20.8 Å². The summed E-state index contributed by atoms with van der Waals surface area (Å²) in [4.78, 5) is 11.6. The fourth-order valence-corrected chi connectivity index (χ4v) is 4.77. The number of morpholine rings is 1. The van der Waals surface area contributed by atoms with Crippen LogP contribution in [0.4, 0.5) is 0 Å². The van der Waals surface area contributed by atoms with Crippen molar-refractivity contribution in [3.8, 4) is 0 Å².